The lowest BCUT2D eigenvalue weighted by Gasteiger charge is -2.22. The Morgan fingerprint density at radius 2 is 1.93 bits per heavy atom. The van der Waals surface area contributed by atoms with E-state index in [-0.39, 0.29) is 5.91 Å². The van der Waals surface area contributed by atoms with Gasteiger partial charge in [0.25, 0.3) is 5.91 Å². The molecule has 0 radical (unpaired) electrons. The van der Waals surface area contributed by atoms with Gasteiger partial charge in [0.15, 0.2) is 5.82 Å². The minimum absolute atomic E-state index is 0.0395. The van der Waals surface area contributed by atoms with Crippen LogP contribution in [-0.4, -0.2) is 49.1 Å². The fourth-order valence-electron chi connectivity index (χ4n) is 3.14. The number of anilines is 2. The van der Waals surface area contributed by atoms with Crippen LogP contribution in [0.3, 0.4) is 0 Å². The van der Waals surface area contributed by atoms with E-state index in [4.69, 9.17) is 4.98 Å². The Kier molecular flexibility index (Phi) is 4.28. The van der Waals surface area contributed by atoms with Gasteiger partial charge in [0.1, 0.15) is 16.4 Å². The maximum absolute atomic E-state index is 12.2. The van der Waals surface area contributed by atoms with E-state index in [9.17, 15) is 4.79 Å². The molecular weight excluding hydrogens is 386 g/mol. The van der Waals surface area contributed by atoms with E-state index in [2.05, 4.69) is 20.4 Å². The zero-order valence-corrected chi connectivity index (χ0v) is 16.4. The smallest absolute Gasteiger partial charge is 0.272 e. The predicted octanol–water partition coefficient (Wildman–Crippen LogP) is 3.29. The topological polar surface area (TPSA) is 88.8 Å². The van der Waals surface area contributed by atoms with Crippen LogP contribution in [0.15, 0.2) is 54.0 Å². The first kappa shape index (κ1) is 17.5. The van der Waals surface area contributed by atoms with Gasteiger partial charge in [-0.15, -0.1) is 11.3 Å². The number of aromatic nitrogens is 5. The minimum Gasteiger partial charge on any atom is -0.339 e. The van der Waals surface area contributed by atoms with Crippen LogP contribution in [0.25, 0.3) is 22.0 Å². The largest absolute Gasteiger partial charge is 0.339 e. The Hall–Kier alpha value is -3.59. The highest BCUT2D eigenvalue weighted by atomic mass is 32.1. The molecule has 0 saturated heterocycles. The van der Waals surface area contributed by atoms with E-state index >= 15 is 0 Å². The fraction of sp³-hybridized carbons (Fsp3) is 0.150. The van der Waals surface area contributed by atoms with E-state index < -0.39 is 0 Å². The van der Waals surface area contributed by atoms with Crippen molar-refractivity contribution in [1.82, 2.24) is 29.6 Å². The summed E-state index contributed by atoms with van der Waals surface area (Å²) in [6.07, 6.45) is 1.68. The molecule has 0 bridgehead atoms. The second-order valence-electron chi connectivity index (χ2n) is 6.66. The summed E-state index contributed by atoms with van der Waals surface area (Å²) in [5, 5.41) is 10.5. The highest BCUT2D eigenvalue weighted by Crippen LogP contribution is 2.28. The minimum atomic E-state index is -0.0395. The summed E-state index contributed by atoms with van der Waals surface area (Å²) in [7, 11) is 1.79. The molecule has 5 rings (SSSR count). The van der Waals surface area contributed by atoms with Crippen LogP contribution in [0.4, 0.5) is 11.8 Å². The predicted molar refractivity (Wildman–Crippen MR) is 111 cm³/mol. The third-order valence-corrected chi connectivity index (χ3v) is 5.57. The van der Waals surface area contributed by atoms with Crippen molar-refractivity contribution < 1.29 is 4.79 Å². The number of likely N-dealkylation sites (N-methyl/N-ethyl adjacent to an activating group) is 1. The normalized spacial score (nSPS) is 13.4. The first-order chi connectivity index (χ1) is 14.2. The Morgan fingerprint density at radius 3 is 2.79 bits per heavy atom. The van der Waals surface area contributed by atoms with Crippen LogP contribution >= 0.6 is 11.3 Å². The molecule has 3 aromatic heterocycles. The summed E-state index contributed by atoms with van der Waals surface area (Å²) in [6.45, 7) is 1.31. The molecular formula is C20H17N7OS. The summed E-state index contributed by atoms with van der Waals surface area (Å²) < 4.78 is 1.71. The van der Waals surface area contributed by atoms with E-state index in [1.54, 1.807) is 40.2 Å². The van der Waals surface area contributed by atoms with Crippen molar-refractivity contribution in [1.29, 1.82) is 0 Å². The van der Waals surface area contributed by atoms with Gasteiger partial charge in [-0.05, 0) is 6.07 Å². The van der Waals surface area contributed by atoms with Gasteiger partial charge in [-0.2, -0.15) is 5.10 Å². The second kappa shape index (κ2) is 7.10. The zero-order chi connectivity index (χ0) is 19.8. The Bertz CT molecular complexity index is 1180. The fourth-order valence-corrected chi connectivity index (χ4v) is 3.96. The lowest BCUT2D eigenvalue weighted by molar-refractivity contribution is 0.0743. The van der Waals surface area contributed by atoms with E-state index in [0.29, 0.717) is 30.5 Å². The van der Waals surface area contributed by atoms with Crippen molar-refractivity contribution in [3.05, 3.63) is 59.7 Å². The number of nitrogens with one attached hydrogen (secondary N) is 1. The number of rotatable bonds is 4. The van der Waals surface area contributed by atoms with Crippen LogP contribution in [0.5, 0.6) is 0 Å². The lowest BCUT2D eigenvalue weighted by Crippen LogP contribution is -2.37. The highest BCUT2D eigenvalue weighted by Gasteiger charge is 2.24. The number of fused-ring (bicyclic) bond motifs is 1. The molecule has 0 spiro atoms. The average Bonchev–Trinajstić information content (AvgIpc) is 3.39. The monoisotopic (exact) mass is 403 g/mol. The first-order valence-electron chi connectivity index (χ1n) is 9.12. The lowest BCUT2D eigenvalue weighted by atomic mass is 10.2. The van der Waals surface area contributed by atoms with Gasteiger partial charge in [0.2, 0.25) is 5.95 Å². The van der Waals surface area contributed by atoms with E-state index in [1.807, 2.05) is 41.8 Å². The van der Waals surface area contributed by atoms with Crippen molar-refractivity contribution in [3.8, 4) is 22.0 Å². The van der Waals surface area contributed by atoms with Crippen molar-refractivity contribution in [2.24, 2.45) is 0 Å². The maximum atomic E-state index is 12.2. The van der Waals surface area contributed by atoms with E-state index in [0.717, 1.165) is 22.0 Å². The van der Waals surface area contributed by atoms with Gasteiger partial charge in [0, 0.05) is 36.8 Å². The molecule has 1 aliphatic rings. The molecule has 0 fully saturated rings. The molecule has 0 aliphatic carbocycles. The third-order valence-electron chi connectivity index (χ3n) is 4.68. The number of nitrogens with zero attached hydrogens (tertiary/aromatic N) is 6. The van der Waals surface area contributed by atoms with Crippen molar-refractivity contribution in [3.63, 3.8) is 0 Å². The summed E-state index contributed by atoms with van der Waals surface area (Å²) >= 11 is 1.58. The average molecular weight is 403 g/mol. The van der Waals surface area contributed by atoms with E-state index in [1.165, 1.54) is 0 Å². The number of thiazole rings is 1. The first-order valence-corrected chi connectivity index (χ1v) is 10.00. The molecule has 29 heavy (non-hydrogen) atoms. The second-order valence-corrected chi connectivity index (χ2v) is 7.52. The molecule has 144 valence electrons. The Labute approximate surface area is 170 Å². The van der Waals surface area contributed by atoms with Crippen LogP contribution < -0.4 is 5.32 Å². The maximum Gasteiger partial charge on any atom is 0.272 e. The van der Waals surface area contributed by atoms with Gasteiger partial charge in [0.05, 0.1) is 12.2 Å². The molecule has 0 atom stereocenters. The summed E-state index contributed by atoms with van der Waals surface area (Å²) in [6, 6.07) is 13.6. The molecule has 4 heterocycles. The standard InChI is InChI=1S/C20H17N7OS/c1-26-9-10-27-16(19(26)28)11-17(25-27)24-20-21-8-7-14(23-20)15-12-29-18(22-15)13-5-3-2-4-6-13/h2-8,11-12H,9-10H2,1H3,(H,21,23,24,25). The number of benzene rings is 1. The molecule has 1 N–H and O–H groups in total. The Balaban J connectivity index is 1.39. The van der Waals surface area contributed by atoms with Gasteiger partial charge in [-0.1, -0.05) is 30.3 Å². The number of hydrogen-bond donors (Lipinski definition) is 1. The van der Waals surface area contributed by atoms with Crippen molar-refractivity contribution >= 4 is 29.0 Å². The van der Waals surface area contributed by atoms with Gasteiger partial charge in [-0.25, -0.2) is 15.0 Å². The van der Waals surface area contributed by atoms with Gasteiger partial charge in [-0.3, -0.25) is 9.48 Å². The highest BCUT2D eigenvalue weighted by molar-refractivity contribution is 7.13. The molecule has 1 amide bonds. The number of amides is 1. The third kappa shape index (κ3) is 3.36. The van der Waals surface area contributed by atoms with Gasteiger partial charge >= 0.3 is 0 Å². The summed E-state index contributed by atoms with van der Waals surface area (Å²) in [4.78, 5) is 27.5. The van der Waals surface area contributed by atoms with Crippen LogP contribution in [-0.2, 0) is 6.54 Å². The SMILES string of the molecule is CN1CCn2nc(Nc3nccc(-c4csc(-c5ccccc5)n4)n3)cc2C1=O. The summed E-state index contributed by atoms with van der Waals surface area (Å²) in [5.74, 6) is 0.916. The Morgan fingerprint density at radius 1 is 1.07 bits per heavy atom. The molecule has 1 aliphatic heterocycles. The van der Waals surface area contributed by atoms with Crippen LogP contribution in [0.1, 0.15) is 10.5 Å². The molecule has 0 unspecified atom stereocenters. The number of carbonyl (C=O) groups excluding carboxylic acids is 1. The van der Waals surface area contributed by atoms with Gasteiger partial charge < -0.3 is 10.2 Å². The summed E-state index contributed by atoms with van der Waals surface area (Å²) in [5.41, 5.74) is 3.15. The molecule has 1 aromatic carbocycles. The van der Waals surface area contributed by atoms with Crippen LogP contribution in [0.2, 0.25) is 0 Å². The van der Waals surface area contributed by atoms with Crippen molar-refractivity contribution in [2.45, 2.75) is 6.54 Å². The quantitative estimate of drug-likeness (QED) is 0.562. The van der Waals surface area contributed by atoms with Crippen molar-refractivity contribution in [2.75, 3.05) is 18.9 Å². The molecule has 9 heteroatoms. The number of carbonyl (C=O) groups is 1. The molecule has 8 nitrogen and oxygen atoms in total. The number of hydrogen-bond acceptors (Lipinski definition) is 7. The van der Waals surface area contributed by atoms with Crippen LogP contribution in [0, 0.1) is 0 Å². The zero-order valence-electron chi connectivity index (χ0n) is 15.6. The molecule has 4 aromatic rings. The molecule has 0 saturated carbocycles.